The number of aliphatic carboxylic acids is 1. The Morgan fingerprint density at radius 1 is 1.44 bits per heavy atom. The smallest absolute Gasteiger partial charge is 0.307 e. The number of halogens is 1. The van der Waals surface area contributed by atoms with Crippen LogP contribution in [0.2, 0.25) is 5.02 Å². The van der Waals surface area contributed by atoms with Crippen molar-refractivity contribution in [3.05, 3.63) is 34.3 Å². The van der Waals surface area contributed by atoms with E-state index in [9.17, 15) is 4.79 Å². The van der Waals surface area contributed by atoms with E-state index in [1.807, 2.05) is 39.0 Å². The van der Waals surface area contributed by atoms with Crippen molar-refractivity contribution in [2.45, 2.75) is 26.7 Å². The van der Waals surface area contributed by atoms with Gasteiger partial charge in [-0.05, 0) is 29.5 Å². The molecule has 0 bridgehead atoms. The van der Waals surface area contributed by atoms with E-state index in [0.29, 0.717) is 5.02 Å². The standard InChI is InChI=1S/C13H15ClO2/c1-7-4-5-8(9(14)6-7)10-11(12(15)16)13(10,2)3/h4-6,10-11H,1-3H3,(H,15,16). The average molecular weight is 239 g/mol. The fourth-order valence-electron chi connectivity index (χ4n) is 2.56. The summed E-state index contributed by atoms with van der Waals surface area (Å²) in [5.41, 5.74) is 1.87. The SMILES string of the molecule is Cc1ccc(C2C(C(=O)O)C2(C)C)c(Cl)c1. The van der Waals surface area contributed by atoms with E-state index in [1.165, 1.54) is 0 Å². The molecular weight excluding hydrogens is 224 g/mol. The monoisotopic (exact) mass is 238 g/mol. The minimum Gasteiger partial charge on any atom is -0.481 e. The lowest BCUT2D eigenvalue weighted by molar-refractivity contribution is -0.139. The van der Waals surface area contributed by atoms with E-state index in [1.54, 1.807) is 0 Å². The van der Waals surface area contributed by atoms with Crippen molar-refractivity contribution >= 4 is 17.6 Å². The lowest BCUT2D eigenvalue weighted by Gasteiger charge is -2.06. The fraction of sp³-hybridized carbons (Fsp3) is 0.462. The van der Waals surface area contributed by atoms with Gasteiger partial charge < -0.3 is 5.11 Å². The van der Waals surface area contributed by atoms with Crippen molar-refractivity contribution < 1.29 is 9.90 Å². The van der Waals surface area contributed by atoms with Crippen LogP contribution >= 0.6 is 11.6 Å². The zero-order chi connectivity index (χ0) is 12.1. The van der Waals surface area contributed by atoms with Crippen molar-refractivity contribution in [3.8, 4) is 0 Å². The van der Waals surface area contributed by atoms with Crippen molar-refractivity contribution in [3.63, 3.8) is 0 Å². The molecule has 2 unspecified atom stereocenters. The van der Waals surface area contributed by atoms with Crippen LogP contribution in [-0.2, 0) is 4.79 Å². The van der Waals surface area contributed by atoms with Gasteiger partial charge >= 0.3 is 5.97 Å². The molecule has 16 heavy (non-hydrogen) atoms. The third-order valence-electron chi connectivity index (χ3n) is 3.58. The summed E-state index contributed by atoms with van der Waals surface area (Å²) < 4.78 is 0. The first-order valence-corrected chi connectivity index (χ1v) is 5.72. The first-order chi connectivity index (χ1) is 7.35. The minimum atomic E-state index is -0.730. The Bertz CT molecular complexity index is 451. The molecule has 1 aromatic rings. The lowest BCUT2D eigenvalue weighted by Crippen LogP contribution is -2.03. The summed E-state index contributed by atoms with van der Waals surface area (Å²) in [6.45, 7) is 5.93. The van der Waals surface area contributed by atoms with E-state index in [2.05, 4.69) is 0 Å². The van der Waals surface area contributed by atoms with Crippen molar-refractivity contribution in [1.29, 1.82) is 0 Å². The van der Waals surface area contributed by atoms with Crippen LogP contribution in [0.5, 0.6) is 0 Å². The van der Waals surface area contributed by atoms with Gasteiger partial charge in [-0.3, -0.25) is 4.79 Å². The van der Waals surface area contributed by atoms with Gasteiger partial charge in [0.25, 0.3) is 0 Å². The van der Waals surface area contributed by atoms with Crippen LogP contribution in [0.3, 0.4) is 0 Å². The average Bonchev–Trinajstić information content (AvgIpc) is 2.69. The van der Waals surface area contributed by atoms with Gasteiger partial charge in [-0.25, -0.2) is 0 Å². The van der Waals surface area contributed by atoms with Gasteiger partial charge in [-0.1, -0.05) is 37.6 Å². The van der Waals surface area contributed by atoms with E-state index in [4.69, 9.17) is 16.7 Å². The third kappa shape index (κ3) is 1.61. The maximum atomic E-state index is 11.1. The highest BCUT2D eigenvalue weighted by molar-refractivity contribution is 6.31. The summed E-state index contributed by atoms with van der Waals surface area (Å²) in [5, 5.41) is 9.81. The first kappa shape index (κ1) is 11.5. The van der Waals surface area contributed by atoms with Gasteiger partial charge in [0.05, 0.1) is 5.92 Å². The Balaban J connectivity index is 2.37. The molecule has 0 amide bonds. The number of hydrogen-bond acceptors (Lipinski definition) is 1. The Morgan fingerprint density at radius 2 is 2.06 bits per heavy atom. The topological polar surface area (TPSA) is 37.3 Å². The van der Waals surface area contributed by atoms with Crippen LogP contribution in [0, 0.1) is 18.3 Å². The number of carbonyl (C=O) groups is 1. The van der Waals surface area contributed by atoms with Crippen LogP contribution in [0.15, 0.2) is 18.2 Å². The molecule has 1 aliphatic carbocycles. The van der Waals surface area contributed by atoms with E-state index in [-0.39, 0.29) is 17.3 Å². The highest BCUT2D eigenvalue weighted by Crippen LogP contribution is 2.65. The molecule has 0 aliphatic heterocycles. The number of aryl methyl sites for hydroxylation is 1. The van der Waals surface area contributed by atoms with Crippen molar-refractivity contribution in [2.24, 2.45) is 11.3 Å². The van der Waals surface area contributed by atoms with Crippen LogP contribution in [0.1, 0.15) is 30.9 Å². The van der Waals surface area contributed by atoms with Crippen LogP contribution in [-0.4, -0.2) is 11.1 Å². The summed E-state index contributed by atoms with van der Waals surface area (Å²) >= 11 is 6.17. The largest absolute Gasteiger partial charge is 0.481 e. The first-order valence-electron chi connectivity index (χ1n) is 5.34. The molecule has 0 saturated heterocycles. The van der Waals surface area contributed by atoms with E-state index < -0.39 is 5.97 Å². The second-order valence-electron chi connectivity index (χ2n) is 5.14. The molecule has 1 aromatic carbocycles. The number of carboxylic acid groups (broad SMARTS) is 1. The molecule has 1 aliphatic rings. The predicted molar refractivity (Wildman–Crippen MR) is 63.8 cm³/mol. The Hall–Kier alpha value is -1.02. The van der Waals surface area contributed by atoms with E-state index in [0.717, 1.165) is 11.1 Å². The van der Waals surface area contributed by atoms with Crippen LogP contribution < -0.4 is 0 Å². The highest BCUT2D eigenvalue weighted by atomic mass is 35.5. The van der Waals surface area contributed by atoms with E-state index >= 15 is 0 Å². The summed E-state index contributed by atoms with van der Waals surface area (Å²) in [5.74, 6) is -1.00. The quantitative estimate of drug-likeness (QED) is 0.857. The maximum Gasteiger partial charge on any atom is 0.307 e. The summed E-state index contributed by atoms with van der Waals surface area (Å²) in [4.78, 5) is 11.1. The lowest BCUT2D eigenvalue weighted by atomic mass is 10.0. The second kappa shape index (κ2) is 3.49. The molecule has 1 saturated carbocycles. The summed E-state index contributed by atoms with van der Waals surface area (Å²) in [6.07, 6.45) is 0. The molecule has 3 heteroatoms. The predicted octanol–water partition coefficient (Wildman–Crippen LogP) is 3.47. The number of carboxylic acids is 1. The Kier molecular flexibility index (Phi) is 2.50. The highest BCUT2D eigenvalue weighted by Gasteiger charge is 2.63. The van der Waals surface area contributed by atoms with Gasteiger partial charge in [0.2, 0.25) is 0 Å². The molecule has 0 radical (unpaired) electrons. The van der Waals surface area contributed by atoms with Gasteiger partial charge in [-0.15, -0.1) is 0 Å². The molecule has 0 heterocycles. The minimum absolute atomic E-state index is 0.0399. The molecule has 2 nitrogen and oxygen atoms in total. The summed E-state index contributed by atoms with van der Waals surface area (Å²) in [6, 6.07) is 5.83. The molecule has 0 spiro atoms. The van der Waals surface area contributed by atoms with Crippen molar-refractivity contribution in [1.82, 2.24) is 0 Å². The normalized spacial score (nSPS) is 26.5. The summed E-state index contributed by atoms with van der Waals surface area (Å²) in [7, 11) is 0. The molecule has 86 valence electrons. The number of hydrogen-bond donors (Lipinski definition) is 1. The van der Waals surface area contributed by atoms with Gasteiger partial charge in [0, 0.05) is 10.9 Å². The molecule has 1 fully saturated rings. The zero-order valence-electron chi connectivity index (χ0n) is 9.62. The molecular formula is C13H15ClO2. The maximum absolute atomic E-state index is 11.1. The molecule has 1 N–H and O–H groups in total. The fourth-order valence-corrected chi connectivity index (χ4v) is 2.92. The Morgan fingerprint density at radius 3 is 2.50 bits per heavy atom. The van der Waals surface area contributed by atoms with Gasteiger partial charge in [0.1, 0.15) is 0 Å². The molecule has 2 rings (SSSR count). The Labute approximate surface area is 100 Å². The third-order valence-corrected chi connectivity index (χ3v) is 3.91. The number of rotatable bonds is 2. The van der Waals surface area contributed by atoms with Crippen molar-refractivity contribution in [2.75, 3.05) is 0 Å². The zero-order valence-corrected chi connectivity index (χ0v) is 10.4. The molecule has 2 atom stereocenters. The molecule has 0 aromatic heterocycles. The van der Waals surface area contributed by atoms with Gasteiger partial charge in [-0.2, -0.15) is 0 Å². The van der Waals surface area contributed by atoms with Crippen LogP contribution in [0.25, 0.3) is 0 Å². The van der Waals surface area contributed by atoms with Gasteiger partial charge in [0.15, 0.2) is 0 Å². The second-order valence-corrected chi connectivity index (χ2v) is 5.55. The number of benzene rings is 1. The van der Waals surface area contributed by atoms with Crippen LogP contribution in [0.4, 0.5) is 0 Å².